The van der Waals surface area contributed by atoms with Gasteiger partial charge >= 0.3 is 0 Å². The Bertz CT molecular complexity index is 506. The number of hydrogen-bond acceptors (Lipinski definition) is 3. The summed E-state index contributed by atoms with van der Waals surface area (Å²) in [6.45, 7) is 4.67. The second kappa shape index (κ2) is 4.66. The second-order valence-corrected chi connectivity index (χ2v) is 6.87. The van der Waals surface area contributed by atoms with Gasteiger partial charge in [0, 0.05) is 18.0 Å². The van der Waals surface area contributed by atoms with E-state index in [2.05, 4.69) is 29.1 Å². The normalized spacial score (nSPS) is 23.3. The zero-order valence-corrected chi connectivity index (χ0v) is 11.8. The molecule has 0 unspecified atom stereocenters. The first-order valence-corrected chi connectivity index (χ1v) is 7.40. The number of nitrogens with one attached hydrogen (secondary N) is 2. The van der Waals surface area contributed by atoms with Crippen LogP contribution in [0.3, 0.4) is 0 Å². The molecule has 0 aromatic carbocycles. The van der Waals surface area contributed by atoms with Gasteiger partial charge in [0.1, 0.15) is 11.6 Å². The highest BCUT2D eigenvalue weighted by Crippen LogP contribution is 2.38. The summed E-state index contributed by atoms with van der Waals surface area (Å²) in [6.07, 6.45) is 7.13. The van der Waals surface area contributed by atoms with Gasteiger partial charge < -0.3 is 10.3 Å². The van der Waals surface area contributed by atoms with E-state index in [-0.39, 0.29) is 5.56 Å². The van der Waals surface area contributed by atoms with Crippen LogP contribution in [0.2, 0.25) is 0 Å². The van der Waals surface area contributed by atoms with Gasteiger partial charge in [-0.3, -0.25) is 4.79 Å². The Morgan fingerprint density at radius 2 is 1.95 bits per heavy atom. The van der Waals surface area contributed by atoms with E-state index in [1.165, 1.54) is 25.7 Å². The molecular formula is C15H23N3O. The largest absolute Gasteiger partial charge is 0.367 e. The molecule has 2 saturated carbocycles. The molecule has 2 aliphatic carbocycles. The van der Waals surface area contributed by atoms with Crippen LogP contribution in [0.15, 0.2) is 10.9 Å². The lowest BCUT2D eigenvalue weighted by Gasteiger charge is -2.34. The number of rotatable bonds is 3. The predicted octanol–water partition coefficient (Wildman–Crippen LogP) is 3.03. The monoisotopic (exact) mass is 261 g/mol. The van der Waals surface area contributed by atoms with E-state index >= 15 is 0 Å². The third-order valence-corrected chi connectivity index (χ3v) is 4.42. The van der Waals surface area contributed by atoms with Crippen LogP contribution in [0.5, 0.6) is 0 Å². The molecule has 0 spiro atoms. The van der Waals surface area contributed by atoms with E-state index in [0.717, 1.165) is 24.5 Å². The Labute approximate surface area is 114 Å². The first-order chi connectivity index (χ1) is 9.02. The maximum atomic E-state index is 11.7. The number of aromatic nitrogens is 2. The quantitative estimate of drug-likeness (QED) is 0.879. The molecule has 0 atom stereocenters. The lowest BCUT2D eigenvalue weighted by Crippen LogP contribution is -2.30. The average molecular weight is 261 g/mol. The third kappa shape index (κ3) is 3.17. The molecule has 4 heteroatoms. The van der Waals surface area contributed by atoms with Gasteiger partial charge in [0.15, 0.2) is 0 Å². The van der Waals surface area contributed by atoms with E-state index in [4.69, 9.17) is 0 Å². The Kier molecular flexibility index (Phi) is 3.11. The van der Waals surface area contributed by atoms with Crippen LogP contribution in [0, 0.1) is 5.41 Å². The van der Waals surface area contributed by atoms with Crippen molar-refractivity contribution in [1.82, 2.24) is 9.97 Å². The Morgan fingerprint density at radius 1 is 1.26 bits per heavy atom. The summed E-state index contributed by atoms with van der Waals surface area (Å²) >= 11 is 0. The van der Waals surface area contributed by atoms with Crippen molar-refractivity contribution in [3.8, 4) is 0 Å². The van der Waals surface area contributed by atoms with Gasteiger partial charge in [0.05, 0.1) is 0 Å². The molecule has 1 aromatic rings. The fraction of sp³-hybridized carbons (Fsp3) is 0.733. The van der Waals surface area contributed by atoms with Gasteiger partial charge in [0.25, 0.3) is 5.56 Å². The number of aromatic amines is 1. The van der Waals surface area contributed by atoms with E-state index in [9.17, 15) is 4.79 Å². The zero-order valence-electron chi connectivity index (χ0n) is 11.8. The summed E-state index contributed by atoms with van der Waals surface area (Å²) in [5.41, 5.74) is 0.439. The summed E-state index contributed by atoms with van der Waals surface area (Å²) in [5, 5.41) is 3.45. The van der Waals surface area contributed by atoms with Crippen LogP contribution in [0.4, 0.5) is 5.82 Å². The van der Waals surface area contributed by atoms with Gasteiger partial charge in [-0.15, -0.1) is 0 Å². The zero-order chi connectivity index (χ0) is 13.5. The highest BCUT2D eigenvalue weighted by molar-refractivity contribution is 5.35. The van der Waals surface area contributed by atoms with Crippen LogP contribution >= 0.6 is 0 Å². The minimum atomic E-state index is -0.0319. The summed E-state index contributed by atoms with van der Waals surface area (Å²) in [5.74, 6) is 2.11. The maximum Gasteiger partial charge on any atom is 0.252 e. The fourth-order valence-corrected chi connectivity index (χ4v) is 2.85. The lowest BCUT2D eigenvalue weighted by molar-refractivity contribution is 0.232. The van der Waals surface area contributed by atoms with Crippen LogP contribution in [0.1, 0.15) is 64.1 Å². The van der Waals surface area contributed by atoms with Crippen molar-refractivity contribution in [2.45, 2.75) is 64.3 Å². The molecule has 0 radical (unpaired) electrons. The lowest BCUT2D eigenvalue weighted by atomic mass is 9.75. The van der Waals surface area contributed by atoms with Crippen molar-refractivity contribution in [2.75, 3.05) is 5.32 Å². The fourth-order valence-electron chi connectivity index (χ4n) is 2.85. The number of H-pyrrole nitrogens is 1. The highest BCUT2D eigenvalue weighted by atomic mass is 16.1. The van der Waals surface area contributed by atoms with E-state index < -0.39 is 0 Å². The van der Waals surface area contributed by atoms with Gasteiger partial charge in [-0.2, -0.15) is 0 Å². The molecule has 2 N–H and O–H groups in total. The average Bonchev–Trinajstić information content (AvgIpc) is 3.15. The van der Waals surface area contributed by atoms with Gasteiger partial charge in [-0.05, 0) is 43.9 Å². The maximum absolute atomic E-state index is 11.7. The number of hydrogen-bond donors (Lipinski definition) is 2. The SMILES string of the molecule is CC1(C)CCC(Nc2cc(=O)[nH]c(C3CC3)n2)CC1. The molecule has 19 heavy (non-hydrogen) atoms. The summed E-state index contributed by atoms with van der Waals surface area (Å²) in [7, 11) is 0. The van der Waals surface area contributed by atoms with Crippen molar-refractivity contribution in [3.63, 3.8) is 0 Å². The highest BCUT2D eigenvalue weighted by Gasteiger charge is 2.28. The molecule has 1 aromatic heterocycles. The molecule has 0 aliphatic heterocycles. The molecule has 0 amide bonds. The van der Waals surface area contributed by atoms with E-state index in [0.29, 0.717) is 17.4 Å². The van der Waals surface area contributed by atoms with Gasteiger partial charge in [-0.25, -0.2) is 4.98 Å². The van der Waals surface area contributed by atoms with Crippen molar-refractivity contribution in [1.29, 1.82) is 0 Å². The van der Waals surface area contributed by atoms with Crippen molar-refractivity contribution in [3.05, 3.63) is 22.2 Å². The van der Waals surface area contributed by atoms with Crippen molar-refractivity contribution < 1.29 is 0 Å². The number of anilines is 1. The molecule has 104 valence electrons. The molecule has 1 heterocycles. The van der Waals surface area contributed by atoms with Crippen molar-refractivity contribution in [2.24, 2.45) is 5.41 Å². The molecule has 2 fully saturated rings. The Hall–Kier alpha value is -1.32. The van der Waals surface area contributed by atoms with Gasteiger partial charge in [-0.1, -0.05) is 13.8 Å². The first kappa shape index (κ1) is 12.7. The number of nitrogens with zero attached hydrogens (tertiary/aromatic N) is 1. The topological polar surface area (TPSA) is 57.8 Å². The summed E-state index contributed by atoms with van der Waals surface area (Å²) in [6, 6.07) is 2.06. The molecule has 0 bridgehead atoms. The van der Waals surface area contributed by atoms with Crippen LogP contribution in [-0.4, -0.2) is 16.0 Å². The molecule has 0 saturated heterocycles. The Morgan fingerprint density at radius 3 is 2.58 bits per heavy atom. The van der Waals surface area contributed by atoms with Crippen LogP contribution in [-0.2, 0) is 0 Å². The van der Waals surface area contributed by atoms with Gasteiger partial charge in [0.2, 0.25) is 0 Å². The van der Waals surface area contributed by atoms with Crippen molar-refractivity contribution >= 4 is 5.82 Å². The molecule has 4 nitrogen and oxygen atoms in total. The standard InChI is InChI=1S/C15H23N3O/c1-15(2)7-5-11(6-8-15)16-12-9-13(19)18-14(17-12)10-3-4-10/h9-11H,3-8H2,1-2H3,(H2,16,17,18,19). The van der Waals surface area contributed by atoms with E-state index in [1.807, 2.05) is 0 Å². The first-order valence-electron chi connectivity index (χ1n) is 7.40. The molecule has 2 aliphatic rings. The predicted molar refractivity (Wildman–Crippen MR) is 76.5 cm³/mol. The van der Waals surface area contributed by atoms with Crippen LogP contribution in [0.25, 0.3) is 0 Å². The summed E-state index contributed by atoms with van der Waals surface area (Å²) < 4.78 is 0. The smallest absolute Gasteiger partial charge is 0.252 e. The molecule has 3 rings (SSSR count). The summed E-state index contributed by atoms with van der Waals surface area (Å²) in [4.78, 5) is 19.1. The minimum absolute atomic E-state index is 0.0319. The minimum Gasteiger partial charge on any atom is -0.367 e. The second-order valence-electron chi connectivity index (χ2n) is 6.87. The molecular weight excluding hydrogens is 238 g/mol. The van der Waals surface area contributed by atoms with E-state index in [1.54, 1.807) is 6.07 Å². The Balaban J connectivity index is 1.68. The third-order valence-electron chi connectivity index (χ3n) is 4.42. The van der Waals surface area contributed by atoms with Crippen LogP contribution < -0.4 is 10.9 Å².